The molecule has 2 unspecified atom stereocenters. The van der Waals surface area contributed by atoms with Crippen molar-refractivity contribution in [3.8, 4) is 0 Å². The van der Waals surface area contributed by atoms with E-state index in [-0.39, 0.29) is 17.9 Å². The first-order valence-corrected chi connectivity index (χ1v) is 12.7. The Labute approximate surface area is 193 Å². The first-order chi connectivity index (χ1) is 15.2. The molecule has 1 amide bonds. The molecule has 5 heteroatoms. The number of nitrogens with zero attached hydrogens (tertiary/aromatic N) is 1. The third-order valence-corrected chi connectivity index (χ3v) is 7.48. The molecule has 1 aromatic rings. The van der Waals surface area contributed by atoms with Gasteiger partial charge in [-0.15, -0.1) is 0 Å². The SMILES string of the molecule is CCCC(=O)c1ccc2c(c1)C1CCC2N1CC[C@H]1CC[C@H](NC(=O)OC(C)(C)C)CC1. The topological polar surface area (TPSA) is 58.6 Å². The molecule has 32 heavy (non-hydrogen) atoms. The summed E-state index contributed by atoms with van der Waals surface area (Å²) in [5.74, 6) is 1.01. The number of amides is 1. The number of rotatable bonds is 7. The van der Waals surface area contributed by atoms with E-state index in [2.05, 4.69) is 35.3 Å². The molecule has 2 fully saturated rings. The summed E-state index contributed by atoms with van der Waals surface area (Å²) >= 11 is 0. The third kappa shape index (κ3) is 5.19. The number of ether oxygens (including phenoxy) is 1. The second kappa shape index (κ2) is 9.54. The average Bonchev–Trinajstić information content (AvgIpc) is 3.27. The zero-order valence-electron chi connectivity index (χ0n) is 20.3. The van der Waals surface area contributed by atoms with Crippen LogP contribution < -0.4 is 5.32 Å². The van der Waals surface area contributed by atoms with Gasteiger partial charge < -0.3 is 10.1 Å². The molecule has 5 nitrogen and oxygen atoms in total. The molecule has 2 atom stereocenters. The molecule has 0 spiro atoms. The van der Waals surface area contributed by atoms with Gasteiger partial charge in [-0.25, -0.2) is 4.79 Å². The number of carbonyl (C=O) groups is 2. The number of Topliss-reactive ketones (excluding diaryl/α,β-unsaturated/α-hetero) is 1. The fraction of sp³-hybridized carbons (Fsp3) is 0.704. The van der Waals surface area contributed by atoms with Crippen LogP contribution >= 0.6 is 0 Å². The quantitative estimate of drug-likeness (QED) is 0.503. The number of nitrogens with one attached hydrogen (secondary N) is 1. The van der Waals surface area contributed by atoms with E-state index in [0.29, 0.717) is 18.5 Å². The minimum absolute atomic E-state index is 0.243. The van der Waals surface area contributed by atoms with Crippen molar-refractivity contribution in [3.05, 3.63) is 34.9 Å². The summed E-state index contributed by atoms with van der Waals surface area (Å²) in [7, 11) is 0. The highest BCUT2D eigenvalue weighted by Gasteiger charge is 2.43. The first-order valence-electron chi connectivity index (χ1n) is 12.7. The molecule has 1 saturated heterocycles. The van der Waals surface area contributed by atoms with Crippen LogP contribution in [0.5, 0.6) is 0 Å². The van der Waals surface area contributed by atoms with E-state index in [1.807, 2.05) is 20.8 Å². The Morgan fingerprint density at radius 1 is 1.03 bits per heavy atom. The summed E-state index contributed by atoms with van der Waals surface area (Å²) in [6, 6.07) is 7.74. The summed E-state index contributed by atoms with van der Waals surface area (Å²) in [5, 5.41) is 3.05. The zero-order valence-corrected chi connectivity index (χ0v) is 20.3. The Morgan fingerprint density at radius 2 is 1.72 bits per heavy atom. The molecule has 4 rings (SSSR count). The van der Waals surface area contributed by atoms with E-state index in [9.17, 15) is 9.59 Å². The van der Waals surface area contributed by atoms with E-state index < -0.39 is 5.60 Å². The monoisotopic (exact) mass is 440 g/mol. The lowest BCUT2D eigenvalue weighted by molar-refractivity contribution is 0.0485. The fourth-order valence-electron chi connectivity index (χ4n) is 5.96. The van der Waals surface area contributed by atoms with Gasteiger partial charge in [0.1, 0.15) is 5.60 Å². The van der Waals surface area contributed by atoms with Crippen molar-refractivity contribution in [2.45, 2.75) is 109 Å². The molecule has 0 radical (unpaired) electrons. The van der Waals surface area contributed by atoms with E-state index in [0.717, 1.165) is 37.3 Å². The van der Waals surface area contributed by atoms with E-state index in [4.69, 9.17) is 4.74 Å². The van der Waals surface area contributed by atoms with Crippen molar-refractivity contribution < 1.29 is 14.3 Å². The molecule has 2 aliphatic heterocycles. The average molecular weight is 441 g/mol. The molecule has 1 N–H and O–H groups in total. The number of fused-ring (bicyclic) bond motifs is 5. The van der Waals surface area contributed by atoms with E-state index in [1.54, 1.807) is 0 Å². The number of carbonyl (C=O) groups excluding carboxylic acids is 2. The number of ketones is 1. The summed E-state index contributed by atoms with van der Waals surface area (Å²) in [4.78, 5) is 27.1. The van der Waals surface area contributed by atoms with Crippen molar-refractivity contribution >= 4 is 11.9 Å². The molecule has 176 valence electrons. The molecule has 1 aliphatic carbocycles. The standard InChI is InChI=1S/C27H40N2O3/c1-5-6-25(30)19-9-12-21-22(17-19)24-14-13-23(21)29(24)16-15-18-7-10-20(11-8-18)28-26(31)32-27(2,3)4/h9,12,17-18,20,23-24H,5-8,10-11,13-16H2,1-4H3,(H,28,31)/t18-,20-,23?,24?. The summed E-state index contributed by atoms with van der Waals surface area (Å²) in [5.41, 5.74) is 3.32. The smallest absolute Gasteiger partial charge is 0.407 e. The maximum absolute atomic E-state index is 12.4. The predicted octanol–water partition coefficient (Wildman–Crippen LogP) is 6.33. The molecule has 2 bridgehead atoms. The van der Waals surface area contributed by atoms with Gasteiger partial charge in [-0.05, 0) is 102 Å². The molecular formula is C27H40N2O3. The minimum atomic E-state index is -0.446. The lowest BCUT2D eigenvalue weighted by atomic mass is 9.84. The van der Waals surface area contributed by atoms with Crippen LogP contribution in [-0.4, -0.2) is 35.0 Å². The number of benzene rings is 1. The summed E-state index contributed by atoms with van der Waals surface area (Å²) < 4.78 is 5.40. The summed E-state index contributed by atoms with van der Waals surface area (Å²) in [6.07, 6.45) is 9.37. The van der Waals surface area contributed by atoms with Crippen LogP contribution in [0.2, 0.25) is 0 Å². The van der Waals surface area contributed by atoms with Crippen molar-refractivity contribution in [2.75, 3.05) is 6.54 Å². The lowest BCUT2D eigenvalue weighted by Crippen LogP contribution is -2.41. The van der Waals surface area contributed by atoms with Gasteiger partial charge in [0.15, 0.2) is 5.78 Å². The highest BCUT2D eigenvalue weighted by Crippen LogP contribution is 2.53. The highest BCUT2D eigenvalue weighted by molar-refractivity contribution is 5.96. The molecule has 2 heterocycles. The largest absolute Gasteiger partial charge is 0.444 e. The van der Waals surface area contributed by atoms with Crippen LogP contribution in [-0.2, 0) is 4.74 Å². The maximum Gasteiger partial charge on any atom is 0.407 e. The predicted molar refractivity (Wildman–Crippen MR) is 127 cm³/mol. The second-order valence-electron chi connectivity index (χ2n) is 11.0. The Kier molecular flexibility index (Phi) is 6.94. The van der Waals surface area contributed by atoms with Gasteiger partial charge in [-0.3, -0.25) is 9.69 Å². The van der Waals surface area contributed by atoms with Crippen LogP contribution in [0.4, 0.5) is 4.79 Å². The van der Waals surface area contributed by atoms with Gasteiger partial charge >= 0.3 is 6.09 Å². The number of hydrogen-bond donors (Lipinski definition) is 1. The van der Waals surface area contributed by atoms with Gasteiger partial charge in [0.2, 0.25) is 0 Å². The van der Waals surface area contributed by atoms with Gasteiger partial charge in [-0.2, -0.15) is 0 Å². The van der Waals surface area contributed by atoms with Crippen molar-refractivity contribution in [1.29, 1.82) is 0 Å². The fourth-order valence-corrected chi connectivity index (χ4v) is 5.96. The van der Waals surface area contributed by atoms with Crippen molar-refractivity contribution in [1.82, 2.24) is 10.2 Å². The highest BCUT2D eigenvalue weighted by atomic mass is 16.6. The normalized spacial score (nSPS) is 27.2. The molecule has 0 aromatic heterocycles. The van der Waals surface area contributed by atoms with Crippen LogP contribution in [0.15, 0.2) is 18.2 Å². The Morgan fingerprint density at radius 3 is 2.38 bits per heavy atom. The van der Waals surface area contributed by atoms with Crippen LogP contribution in [0.3, 0.4) is 0 Å². The zero-order chi connectivity index (χ0) is 22.9. The lowest BCUT2D eigenvalue weighted by Gasteiger charge is -2.31. The molecule has 1 saturated carbocycles. The van der Waals surface area contributed by atoms with Gasteiger partial charge in [0.25, 0.3) is 0 Å². The number of hydrogen-bond acceptors (Lipinski definition) is 4. The van der Waals surface area contributed by atoms with Crippen LogP contribution in [0.1, 0.15) is 119 Å². The summed E-state index contributed by atoms with van der Waals surface area (Å²) in [6.45, 7) is 8.90. The van der Waals surface area contributed by atoms with Crippen LogP contribution in [0, 0.1) is 5.92 Å². The molecular weight excluding hydrogens is 400 g/mol. The van der Waals surface area contributed by atoms with Gasteiger partial charge in [-0.1, -0.05) is 19.1 Å². The Hall–Kier alpha value is -1.88. The molecule has 1 aromatic carbocycles. The van der Waals surface area contributed by atoms with Gasteiger partial charge in [0.05, 0.1) is 0 Å². The molecule has 3 aliphatic rings. The maximum atomic E-state index is 12.4. The van der Waals surface area contributed by atoms with Crippen molar-refractivity contribution in [3.63, 3.8) is 0 Å². The van der Waals surface area contributed by atoms with E-state index >= 15 is 0 Å². The first kappa shape index (κ1) is 23.3. The van der Waals surface area contributed by atoms with Crippen molar-refractivity contribution in [2.24, 2.45) is 5.92 Å². The van der Waals surface area contributed by atoms with Gasteiger partial charge in [0, 0.05) is 30.1 Å². The Balaban J connectivity index is 1.26. The Bertz CT molecular complexity index is 836. The third-order valence-electron chi connectivity index (χ3n) is 7.48. The van der Waals surface area contributed by atoms with Crippen LogP contribution in [0.25, 0.3) is 0 Å². The van der Waals surface area contributed by atoms with E-state index in [1.165, 1.54) is 43.2 Å². The number of alkyl carbamates (subject to hydrolysis) is 1. The second-order valence-corrected chi connectivity index (χ2v) is 11.0. The minimum Gasteiger partial charge on any atom is -0.444 e.